The zero-order valence-electron chi connectivity index (χ0n) is 15.3. The normalized spacial score (nSPS) is 10.9. The number of benzene rings is 1. The first kappa shape index (κ1) is 17.7. The van der Waals surface area contributed by atoms with E-state index in [-0.39, 0.29) is 6.61 Å². The van der Waals surface area contributed by atoms with Crippen molar-refractivity contribution < 1.29 is 9.53 Å². The number of imidazole rings is 1. The molecule has 0 saturated carbocycles. The summed E-state index contributed by atoms with van der Waals surface area (Å²) >= 11 is 0. The lowest BCUT2D eigenvalue weighted by Gasteiger charge is -2.22. The highest BCUT2D eigenvalue weighted by Gasteiger charge is 2.13. The molecule has 0 aliphatic carbocycles. The fourth-order valence-corrected chi connectivity index (χ4v) is 2.93. The zero-order valence-corrected chi connectivity index (χ0v) is 15.3. The smallest absolute Gasteiger partial charge is 0.255 e. The lowest BCUT2D eigenvalue weighted by Crippen LogP contribution is -2.20. The summed E-state index contributed by atoms with van der Waals surface area (Å²) in [6.45, 7) is 4.89. The third-order valence-corrected chi connectivity index (χ3v) is 4.35. The molecule has 2 heterocycles. The van der Waals surface area contributed by atoms with Crippen LogP contribution < -0.4 is 15.4 Å². The number of anilines is 2. The van der Waals surface area contributed by atoms with Crippen molar-refractivity contribution in [3.63, 3.8) is 0 Å². The average Bonchev–Trinajstić information content (AvgIpc) is 3.07. The van der Waals surface area contributed by atoms with Gasteiger partial charge in [0.25, 0.3) is 5.91 Å². The van der Waals surface area contributed by atoms with Gasteiger partial charge >= 0.3 is 0 Å². The highest BCUT2D eigenvalue weighted by atomic mass is 16.5. The van der Waals surface area contributed by atoms with Crippen molar-refractivity contribution in [2.24, 2.45) is 5.73 Å². The van der Waals surface area contributed by atoms with Crippen LogP contribution in [0.15, 0.2) is 36.8 Å². The Balaban J connectivity index is 1.93. The summed E-state index contributed by atoms with van der Waals surface area (Å²) in [5.41, 5.74) is 9.21. The van der Waals surface area contributed by atoms with Gasteiger partial charge in [-0.05, 0) is 37.1 Å². The molecule has 2 aromatic heterocycles. The fraction of sp³-hybridized carbons (Fsp3) is 0.316. The van der Waals surface area contributed by atoms with Crippen LogP contribution in [0.1, 0.15) is 19.4 Å². The topological polar surface area (TPSA) is 86.3 Å². The zero-order chi connectivity index (χ0) is 18.7. The Bertz CT molecular complexity index is 935. The van der Waals surface area contributed by atoms with Gasteiger partial charge in [0.1, 0.15) is 17.1 Å². The maximum Gasteiger partial charge on any atom is 0.255 e. The molecule has 7 nitrogen and oxygen atoms in total. The molecule has 0 radical (unpaired) electrons. The third-order valence-electron chi connectivity index (χ3n) is 4.35. The first-order valence-electron chi connectivity index (χ1n) is 8.62. The number of nitrogens with zero attached hydrogens (tertiary/aromatic N) is 4. The first-order valence-corrected chi connectivity index (χ1v) is 8.62. The summed E-state index contributed by atoms with van der Waals surface area (Å²) in [4.78, 5) is 21.9. The van der Waals surface area contributed by atoms with Crippen LogP contribution in [-0.4, -0.2) is 34.1 Å². The summed E-state index contributed by atoms with van der Waals surface area (Å²) in [5, 5.41) is 0. The van der Waals surface area contributed by atoms with Gasteiger partial charge in [-0.15, -0.1) is 0 Å². The SMILES string of the molecule is CCc1cc(OCC(N)=O)ccc1N(C)c1cc2c(cn1)ncn2CC. The number of primary amides is 1. The Morgan fingerprint density at radius 1 is 1.27 bits per heavy atom. The largest absolute Gasteiger partial charge is 0.484 e. The molecule has 136 valence electrons. The van der Waals surface area contributed by atoms with Gasteiger partial charge in [0.2, 0.25) is 0 Å². The van der Waals surface area contributed by atoms with Gasteiger partial charge in [0.15, 0.2) is 6.61 Å². The van der Waals surface area contributed by atoms with Crippen LogP contribution >= 0.6 is 0 Å². The molecule has 0 fully saturated rings. The minimum Gasteiger partial charge on any atom is -0.484 e. The van der Waals surface area contributed by atoms with Crippen molar-refractivity contribution in [3.05, 3.63) is 42.4 Å². The summed E-state index contributed by atoms with van der Waals surface area (Å²) in [6.07, 6.45) is 4.45. The van der Waals surface area contributed by atoms with Gasteiger partial charge in [-0.1, -0.05) is 6.92 Å². The molecule has 0 atom stereocenters. The van der Waals surface area contributed by atoms with E-state index in [1.807, 2.05) is 42.5 Å². The molecule has 0 bridgehead atoms. The van der Waals surface area contributed by atoms with E-state index >= 15 is 0 Å². The number of ether oxygens (including phenoxy) is 1. The molecule has 0 spiro atoms. The number of fused-ring (bicyclic) bond motifs is 1. The van der Waals surface area contributed by atoms with Crippen molar-refractivity contribution in [1.29, 1.82) is 0 Å². The Morgan fingerprint density at radius 2 is 2.08 bits per heavy atom. The van der Waals surface area contributed by atoms with E-state index in [0.29, 0.717) is 5.75 Å². The summed E-state index contributed by atoms with van der Waals surface area (Å²) in [7, 11) is 1.99. The van der Waals surface area contributed by atoms with Crippen LogP contribution in [0, 0.1) is 0 Å². The molecule has 0 aliphatic heterocycles. The highest BCUT2D eigenvalue weighted by molar-refractivity contribution is 5.79. The first-order chi connectivity index (χ1) is 12.5. The Hall–Kier alpha value is -3.09. The second kappa shape index (κ2) is 7.43. The number of hydrogen-bond donors (Lipinski definition) is 1. The number of carbonyl (C=O) groups is 1. The maximum atomic E-state index is 10.9. The number of pyridine rings is 1. The predicted octanol–water partition coefficient (Wildman–Crippen LogP) is 2.65. The van der Waals surface area contributed by atoms with Crippen molar-refractivity contribution in [2.75, 3.05) is 18.6 Å². The van der Waals surface area contributed by atoms with Crippen molar-refractivity contribution in [3.8, 4) is 5.75 Å². The quantitative estimate of drug-likeness (QED) is 0.706. The van der Waals surface area contributed by atoms with Crippen LogP contribution in [0.4, 0.5) is 11.5 Å². The lowest BCUT2D eigenvalue weighted by atomic mass is 10.1. The second-order valence-electron chi connectivity index (χ2n) is 6.02. The number of hydrogen-bond acceptors (Lipinski definition) is 5. The van der Waals surface area contributed by atoms with Gasteiger partial charge in [-0.2, -0.15) is 0 Å². The van der Waals surface area contributed by atoms with Gasteiger partial charge in [-0.25, -0.2) is 9.97 Å². The molecule has 3 rings (SSSR count). The number of nitrogens with two attached hydrogens (primary N) is 1. The van der Waals surface area contributed by atoms with E-state index in [1.54, 1.807) is 6.20 Å². The third kappa shape index (κ3) is 3.46. The molecular weight excluding hydrogens is 330 g/mol. The fourth-order valence-electron chi connectivity index (χ4n) is 2.93. The number of carbonyl (C=O) groups excluding carboxylic acids is 1. The Labute approximate surface area is 152 Å². The van der Waals surface area contributed by atoms with E-state index in [9.17, 15) is 4.79 Å². The summed E-state index contributed by atoms with van der Waals surface area (Å²) < 4.78 is 7.50. The van der Waals surface area contributed by atoms with Gasteiger partial charge < -0.3 is 19.9 Å². The van der Waals surface area contributed by atoms with Crippen LogP contribution in [0.5, 0.6) is 5.75 Å². The average molecular weight is 353 g/mol. The molecule has 1 aromatic carbocycles. The van der Waals surface area contributed by atoms with Gasteiger partial charge in [0.05, 0.1) is 18.0 Å². The van der Waals surface area contributed by atoms with E-state index in [0.717, 1.165) is 41.1 Å². The molecule has 2 N–H and O–H groups in total. The molecular formula is C19H23N5O2. The minimum absolute atomic E-state index is 0.127. The van der Waals surface area contributed by atoms with E-state index in [1.165, 1.54) is 0 Å². The number of amides is 1. The molecule has 26 heavy (non-hydrogen) atoms. The van der Waals surface area contributed by atoms with Gasteiger partial charge in [-0.3, -0.25) is 4.79 Å². The lowest BCUT2D eigenvalue weighted by molar-refractivity contribution is -0.119. The molecule has 0 unspecified atom stereocenters. The number of rotatable bonds is 7. The highest BCUT2D eigenvalue weighted by Crippen LogP contribution is 2.30. The van der Waals surface area contributed by atoms with Crippen molar-refractivity contribution in [2.45, 2.75) is 26.8 Å². The standard InChI is InChI=1S/C19H23N5O2/c1-4-13-8-14(26-11-18(20)25)6-7-16(13)23(3)19-9-17-15(10-21-19)22-12-24(17)5-2/h6-10,12H,4-5,11H2,1-3H3,(H2,20,25). The van der Waals surface area contributed by atoms with E-state index < -0.39 is 5.91 Å². The molecule has 0 aliphatic rings. The summed E-state index contributed by atoms with van der Waals surface area (Å²) in [5.74, 6) is 0.979. The number of aromatic nitrogens is 3. The van der Waals surface area contributed by atoms with Crippen molar-refractivity contribution >= 4 is 28.4 Å². The van der Waals surface area contributed by atoms with Gasteiger partial charge in [0, 0.05) is 25.3 Å². The molecule has 1 amide bonds. The van der Waals surface area contributed by atoms with Crippen LogP contribution in [0.3, 0.4) is 0 Å². The predicted molar refractivity (Wildman–Crippen MR) is 102 cm³/mol. The monoisotopic (exact) mass is 353 g/mol. The van der Waals surface area contributed by atoms with Crippen LogP contribution in [0.25, 0.3) is 11.0 Å². The maximum absolute atomic E-state index is 10.9. The molecule has 0 saturated heterocycles. The minimum atomic E-state index is -0.491. The van der Waals surface area contributed by atoms with Crippen LogP contribution in [0.2, 0.25) is 0 Å². The van der Waals surface area contributed by atoms with E-state index in [2.05, 4.69) is 28.4 Å². The van der Waals surface area contributed by atoms with Crippen LogP contribution in [-0.2, 0) is 17.8 Å². The van der Waals surface area contributed by atoms with E-state index in [4.69, 9.17) is 10.5 Å². The second-order valence-corrected chi connectivity index (χ2v) is 6.02. The van der Waals surface area contributed by atoms with Crippen molar-refractivity contribution in [1.82, 2.24) is 14.5 Å². The molecule has 7 heteroatoms. The Morgan fingerprint density at radius 3 is 2.77 bits per heavy atom. The summed E-state index contributed by atoms with van der Waals surface area (Å²) in [6, 6.07) is 7.79. The Kier molecular flexibility index (Phi) is 5.06. The molecule has 3 aromatic rings. The number of aryl methyl sites for hydroxylation is 2.